The fourth-order valence-corrected chi connectivity index (χ4v) is 7.89. The molecule has 0 bridgehead atoms. The van der Waals surface area contributed by atoms with Crippen LogP contribution in [0, 0.1) is 11.3 Å². The second-order valence-corrected chi connectivity index (χ2v) is 11.2. The van der Waals surface area contributed by atoms with Crippen molar-refractivity contribution in [2.45, 2.75) is 38.5 Å². The topological polar surface area (TPSA) is 26.3 Å². The molecule has 1 saturated carbocycles. The Balaban J connectivity index is 2.47. The predicted octanol–water partition coefficient (Wildman–Crippen LogP) is 2.28. The van der Waals surface area contributed by atoms with Crippen LogP contribution in [0.1, 0.15) is 13.8 Å². The van der Waals surface area contributed by atoms with E-state index >= 15 is 0 Å². The minimum atomic E-state index is -1.45. The van der Waals surface area contributed by atoms with Crippen molar-refractivity contribution in [3.8, 4) is 0 Å². The van der Waals surface area contributed by atoms with Gasteiger partial charge in [0.25, 0.3) is 0 Å². The van der Waals surface area contributed by atoms with Crippen LogP contribution < -0.4 is 0 Å². The van der Waals surface area contributed by atoms with Gasteiger partial charge in [0.1, 0.15) is 0 Å². The first-order valence-electron chi connectivity index (χ1n) is 4.93. The van der Waals surface area contributed by atoms with E-state index in [9.17, 15) is 4.79 Å². The van der Waals surface area contributed by atoms with Gasteiger partial charge in [0.05, 0.1) is 19.7 Å². The summed E-state index contributed by atoms with van der Waals surface area (Å²) in [5.74, 6) is 0.584. The Morgan fingerprint density at radius 1 is 1.38 bits per heavy atom. The molecule has 1 aliphatic heterocycles. The van der Waals surface area contributed by atoms with E-state index in [0.717, 1.165) is 0 Å². The Kier molecular flexibility index (Phi) is 1.44. The molecule has 1 saturated heterocycles. The lowest BCUT2D eigenvalue weighted by molar-refractivity contribution is -0.142. The van der Waals surface area contributed by atoms with Gasteiger partial charge in [0, 0.05) is 5.92 Å². The molecule has 0 N–H and O–H groups in total. The fourth-order valence-electron chi connectivity index (χ4n) is 3.68. The average molecular weight is 198 g/mol. The zero-order chi connectivity index (χ0) is 10.1. The second kappa shape index (κ2) is 2.02. The Bertz CT molecular complexity index is 265. The third kappa shape index (κ3) is 0.733. The molecule has 2 fully saturated rings. The molecule has 2 nitrogen and oxygen atoms in total. The smallest absolute Gasteiger partial charge is 0.310 e. The van der Waals surface area contributed by atoms with E-state index in [2.05, 4.69) is 33.5 Å². The molecular weight excluding hydrogens is 180 g/mol. The molecule has 0 aromatic carbocycles. The third-order valence-electron chi connectivity index (χ3n) is 4.21. The highest BCUT2D eigenvalue weighted by Gasteiger charge is 2.83. The maximum atomic E-state index is 11.8. The third-order valence-corrected chi connectivity index (χ3v) is 7.78. The minimum absolute atomic E-state index is 0.0694. The summed E-state index contributed by atoms with van der Waals surface area (Å²) >= 11 is 0. The van der Waals surface area contributed by atoms with Gasteiger partial charge in [-0.2, -0.15) is 0 Å². The molecular formula is C10H18O2Si. The number of esters is 1. The minimum Gasteiger partial charge on any atom is -0.465 e. The molecule has 1 heterocycles. The summed E-state index contributed by atoms with van der Waals surface area (Å²) in [5.41, 5.74) is 0.201. The van der Waals surface area contributed by atoms with Crippen molar-refractivity contribution in [1.82, 2.24) is 0 Å². The molecule has 0 aromatic heterocycles. The van der Waals surface area contributed by atoms with Gasteiger partial charge >= 0.3 is 5.97 Å². The van der Waals surface area contributed by atoms with Gasteiger partial charge < -0.3 is 4.74 Å². The molecule has 0 unspecified atom stereocenters. The van der Waals surface area contributed by atoms with Crippen LogP contribution in [0.4, 0.5) is 0 Å². The maximum absolute atomic E-state index is 11.8. The number of hydrogen-bond acceptors (Lipinski definition) is 2. The normalized spacial score (nSPS) is 41.3. The highest BCUT2D eigenvalue weighted by Crippen LogP contribution is 2.81. The molecule has 74 valence electrons. The van der Waals surface area contributed by atoms with Crippen molar-refractivity contribution < 1.29 is 9.53 Å². The lowest BCUT2D eigenvalue weighted by Gasteiger charge is -2.28. The number of ether oxygens (including phenoxy) is 1. The molecule has 2 atom stereocenters. The number of hydrogen-bond donors (Lipinski definition) is 0. The molecule has 0 aromatic rings. The standard InChI is InChI=1S/C10H18O2Si/c1-9(2)7-6-12-8(11)10(7,9)13(3,4)5/h7H,6H2,1-5H3/t7-,10-/m0/s1. The van der Waals surface area contributed by atoms with Gasteiger partial charge in [-0.15, -0.1) is 0 Å². The van der Waals surface area contributed by atoms with Gasteiger partial charge in [-0.3, -0.25) is 4.79 Å². The Morgan fingerprint density at radius 3 is 2.15 bits per heavy atom. The lowest BCUT2D eigenvalue weighted by Crippen LogP contribution is -2.38. The van der Waals surface area contributed by atoms with E-state index < -0.39 is 8.07 Å². The van der Waals surface area contributed by atoms with Crippen molar-refractivity contribution in [2.24, 2.45) is 11.3 Å². The molecule has 3 heteroatoms. The molecule has 13 heavy (non-hydrogen) atoms. The van der Waals surface area contributed by atoms with Gasteiger partial charge in [-0.05, 0) is 5.41 Å². The van der Waals surface area contributed by atoms with Crippen LogP contribution in [-0.2, 0) is 9.53 Å². The summed E-state index contributed by atoms with van der Waals surface area (Å²) in [4.78, 5) is 11.8. The van der Waals surface area contributed by atoms with Crippen LogP contribution in [0.15, 0.2) is 0 Å². The molecule has 0 radical (unpaired) electrons. The summed E-state index contributed by atoms with van der Waals surface area (Å²) in [7, 11) is -1.45. The zero-order valence-corrected chi connectivity index (χ0v) is 10.1. The first-order valence-corrected chi connectivity index (χ1v) is 8.43. The average Bonchev–Trinajstić information content (AvgIpc) is 2.30. The van der Waals surface area contributed by atoms with Gasteiger partial charge in [0.2, 0.25) is 0 Å². The Labute approximate surface area is 80.7 Å². The van der Waals surface area contributed by atoms with Gasteiger partial charge in [-0.25, -0.2) is 0 Å². The fraction of sp³-hybridized carbons (Fsp3) is 0.900. The van der Waals surface area contributed by atoms with Crippen LogP contribution in [0.3, 0.4) is 0 Å². The number of rotatable bonds is 1. The Morgan fingerprint density at radius 2 is 1.92 bits per heavy atom. The molecule has 1 aliphatic carbocycles. The van der Waals surface area contributed by atoms with Crippen molar-refractivity contribution in [1.29, 1.82) is 0 Å². The SMILES string of the molecule is CC1(C)[C@@H]2COC(=O)[C@@]21[Si](C)(C)C. The van der Waals surface area contributed by atoms with E-state index in [0.29, 0.717) is 12.5 Å². The first kappa shape index (κ1) is 9.25. The monoisotopic (exact) mass is 198 g/mol. The number of carbonyl (C=O) groups is 1. The van der Waals surface area contributed by atoms with E-state index in [-0.39, 0.29) is 16.4 Å². The maximum Gasteiger partial charge on any atom is 0.310 e. The van der Waals surface area contributed by atoms with Gasteiger partial charge in [0.15, 0.2) is 0 Å². The quantitative estimate of drug-likeness (QED) is 0.477. The zero-order valence-electron chi connectivity index (χ0n) is 9.10. The Hall–Kier alpha value is -0.313. The summed E-state index contributed by atoms with van der Waals surface area (Å²) in [5, 5.41) is -0.0694. The van der Waals surface area contributed by atoms with Crippen molar-refractivity contribution in [2.75, 3.05) is 6.61 Å². The van der Waals surface area contributed by atoms with Crippen molar-refractivity contribution in [3.05, 3.63) is 0 Å². The van der Waals surface area contributed by atoms with Crippen LogP contribution in [0.5, 0.6) is 0 Å². The summed E-state index contributed by atoms with van der Waals surface area (Å²) < 4.78 is 5.18. The highest BCUT2D eigenvalue weighted by atomic mass is 28.3. The molecule has 0 spiro atoms. The summed E-state index contributed by atoms with van der Waals surface area (Å²) in [6.07, 6.45) is 0. The number of cyclic esters (lactones) is 1. The van der Waals surface area contributed by atoms with E-state index in [1.165, 1.54) is 0 Å². The second-order valence-electron chi connectivity index (χ2n) is 5.93. The number of carbonyl (C=O) groups excluding carboxylic acids is 1. The van der Waals surface area contributed by atoms with E-state index in [1.54, 1.807) is 0 Å². The number of fused-ring (bicyclic) bond motifs is 1. The lowest BCUT2D eigenvalue weighted by atomic mass is 10.1. The summed E-state index contributed by atoms with van der Waals surface area (Å²) in [6.45, 7) is 11.9. The van der Waals surface area contributed by atoms with Crippen LogP contribution in [0.25, 0.3) is 0 Å². The van der Waals surface area contributed by atoms with Crippen LogP contribution in [0.2, 0.25) is 24.7 Å². The molecule has 0 amide bonds. The van der Waals surface area contributed by atoms with E-state index in [4.69, 9.17) is 4.74 Å². The van der Waals surface area contributed by atoms with Crippen molar-refractivity contribution in [3.63, 3.8) is 0 Å². The predicted molar refractivity (Wildman–Crippen MR) is 54.3 cm³/mol. The molecule has 2 rings (SSSR count). The molecule has 2 aliphatic rings. The van der Waals surface area contributed by atoms with Crippen LogP contribution >= 0.6 is 0 Å². The van der Waals surface area contributed by atoms with Crippen molar-refractivity contribution >= 4 is 14.0 Å². The summed E-state index contributed by atoms with van der Waals surface area (Å²) in [6, 6.07) is 0. The largest absolute Gasteiger partial charge is 0.465 e. The van der Waals surface area contributed by atoms with Crippen LogP contribution in [-0.4, -0.2) is 20.7 Å². The van der Waals surface area contributed by atoms with Gasteiger partial charge in [-0.1, -0.05) is 33.5 Å². The highest BCUT2D eigenvalue weighted by molar-refractivity contribution is 6.84. The first-order chi connectivity index (χ1) is 5.76. The van der Waals surface area contributed by atoms with E-state index in [1.807, 2.05) is 0 Å².